The van der Waals surface area contributed by atoms with Crippen molar-refractivity contribution in [1.29, 1.82) is 0 Å². The molecule has 1 aromatic carbocycles. The fourth-order valence-electron chi connectivity index (χ4n) is 1.45. The van der Waals surface area contributed by atoms with Crippen LogP contribution in [0.2, 0.25) is 0 Å². The molecule has 0 atom stereocenters. The van der Waals surface area contributed by atoms with Gasteiger partial charge in [-0.1, -0.05) is 0 Å². The maximum Gasteiger partial charge on any atom is 0.428 e. The van der Waals surface area contributed by atoms with Crippen molar-refractivity contribution >= 4 is 23.4 Å². The minimum atomic E-state index is -0.689. The van der Waals surface area contributed by atoms with E-state index in [4.69, 9.17) is 4.74 Å². The highest BCUT2D eigenvalue weighted by molar-refractivity contribution is 6.05. The molecule has 6 nitrogen and oxygen atoms in total. The van der Waals surface area contributed by atoms with E-state index in [9.17, 15) is 14.0 Å². The predicted molar refractivity (Wildman–Crippen MR) is 82.1 cm³/mol. The first-order chi connectivity index (χ1) is 10.2. The van der Waals surface area contributed by atoms with Crippen LogP contribution in [-0.2, 0) is 9.53 Å². The van der Waals surface area contributed by atoms with Crippen molar-refractivity contribution in [2.75, 3.05) is 5.32 Å². The zero-order chi connectivity index (χ0) is 16.8. The number of hydrogen-bond donors (Lipinski definition) is 2. The molecular weight excluding hydrogens is 289 g/mol. The third-order valence-electron chi connectivity index (χ3n) is 2.28. The first-order valence-corrected chi connectivity index (χ1v) is 6.73. The number of nitrogens with zero attached hydrogens (tertiary/aromatic N) is 1. The van der Waals surface area contributed by atoms with E-state index in [1.807, 2.05) is 0 Å². The molecule has 0 aliphatic carbocycles. The van der Waals surface area contributed by atoms with Crippen LogP contribution in [0.3, 0.4) is 0 Å². The van der Waals surface area contributed by atoms with Crippen LogP contribution >= 0.6 is 0 Å². The molecule has 1 rings (SSSR count). The summed E-state index contributed by atoms with van der Waals surface area (Å²) in [6.07, 6.45) is -0.696. The first-order valence-electron chi connectivity index (χ1n) is 6.73. The van der Waals surface area contributed by atoms with Crippen molar-refractivity contribution in [2.24, 2.45) is 5.10 Å². The minimum absolute atomic E-state index is 0.00677. The maximum absolute atomic E-state index is 12.7. The number of ether oxygens (including phenoxy) is 1. The van der Waals surface area contributed by atoms with Gasteiger partial charge in [0.1, 0.15) is 11.4 Å². The van der Waals surface area contributed by atoms with Crippen molar-refractivity contribution in [3.8, 4) is 0 Å². The van der Waals surface area contributed by atoms with E-state index in [-0.39, 0.29) is 18.1 Å². The van der Waals surface area contributed by atoms with E-state index in [1.165, 1.54) is 24.3 Å². The Morgan fingerprint density at radius 1 is 1.23 bits per heavy atom. The fourth-order valence-corrected chi connectivity index (χ4v) is 1.45. The summed E-state index contributed by atoms with van der Waals surface area (Å²) in [4.78, 5) is 23.1. The largest absolute Gasteiger partial charge is 0.443 e. The Morgan fingerprint density at radius 2 is 1.82 bits per heavy atom. The van der Waals surface area contributed by atoms with Crippen molar-refractivity contribution in [1.82, 2.24) is 5.43 Å². The molecule has 2 N–H and O–H groups in total. The molecule has 22 heavy (non-hydrogen) atoms. The van der Waals surface area contributed by atoms with Gasteiger partial charge in [-0.3, -0.25) is 4.79 Å². The van der Waals surface area contributed by atoms with E-state index >= 15 is 0 Å². The second kappa shape index (κ2) is 7.53. The Labute approximate surface area is 128 Å². The summed E-state index contributed by atoms with van der Waals surface area (Å²) in [6.45, 7) is 6.81. The minimum Gasteiger partial charge on any atom is -0.443 e. The average molecular weight is 309 g/mol. The Morgan fingerprint density at radius 3 is 2.36 bits per heavy atom. The van der Waals surface area contributed by atoms with Gasteiger partial charge in [-0.05, 0) is 52.0 Å². The lowest BCUT2D eigenvalue weighted by Gasteiger charge is -2.18. The van der Waals surface area contributed by atoms with E-state index in [0.29, 0.717) is 11.4 Å². The lowest BCUT2D eigenvalue weighted by molar-refractivity contribution is -0.115. The van der Waals surface area contributed by atoms with Gasteiger partial charge in [0.25, 0.3) is 0 Å². The number of nitrogens with one attached hydrogen (secondary N) is 2. The van der Waals surface area contributed by atoms with Gasteiger partial charge in [0.2, 0.25) is 5.91 Å². The molecule has 0 heterocycles. The number of benzene rings is 1. The lowest BCUT2D eigenvalue weighted by atomic mass is 10.2. The van der Waals surface area contributed by atoms with Gasteiger partial charge < -0.3 is 10.1 Å². The number of hydrazone groups is 1. The number of rotatable bonds is 4. The average Bonchev–Trinajstić information content (AvgIpc) is 2.37. The van der Waals surface area contributed by atoms with Crippen molar-refractivity contribution in [3.05, 3.63) is 30.1 Å². The molecule has 0 aliphatic rings. The summed E-state index contributed by atoms with van der Waals surface area (Å²) in [5, 5.41) is 6.37. The number of carbonyl (C=O) groups is 2. The monoisotopic (exact) mass is 309 g/mol. The quantitative estimate of drug-likeness (QED) is 0.662. The van der Waals surface area contributed by atoms with Crippen LogP contribution in [0.4, 0.5) is 14.9 Å². The van der Waals surface area contributed by atoms with Crippen molar-refractivity contribution in [3.63, 3.8) is 0 Å². The molecule has 0 unspecified atom stereocenters. The molecule has 0 saturated carbocycles. The topological polar surface area (TPSA) is 79.8 Å². The predicted octanol–water partition coefficient (Wildman–Crippen LogP) is 3.05. The molecule has 0 bridgehead atoms. The highest BCUT2D eigenvalue weighted by atomic mass is 19.1. The van der Waals surface area contributed by atoms with Crippen LogP contribution in [-0.4, -0.2) is 23.3 Å². The number of halogens is 1. The van der Waals surface area contributed by atoms with Crippen molar-refractivity contribution < 1.29 is 18.7 Å². The zero-order valence-electron chi connectivity index (χ0n) is 13.1. The Balaban J connectivity index is 2.44. The summed E-state index contributed by atoms with van der Waals surface area (Å²) in [5.41, 5.74) is 2.49. The number of amides is 2. The third kappa shape index (κ3) is 7.37. The molecule has 7 heteroatoms. The van der Waals surface area contributed by atoms with Gasteiger partial charge in [0.15, 0.2) is 0 Å². The number of carbonyl (C=O) groups excluding carboxylic acids is 2. The number of hydrogen-bond acceptors (Lipinski definition) is 4. The SMILES string of the molecule is C/C(CC(=O)Nc1ccc(F)cc1)=N/NC(=O)OC(C)(C)C. The summed E-state index contributed by atoms with van der Waals surface area (Å²) in [5.74, 6) is -0.698. The molecule has 0 saturated heterocycles. The highest BCUT2D eigenvalue weighted by Gasteiger charge is 2.15. The molecule has 0 fully saturated rings. The standard InChI is InChI=1S/C15H20FN3O3/c1-10(18-19-14(21)22-15(2,3)4)9-13(20)17-12-7-5-11(16)6-8-12/h5-8H,9H2,1-4H3,(H,17,20)(H,19,21)/b18-10-. The Bertz CT molecular complexity index is 562. The smallest absolute Gasteiger partial charge is 0.428 e. The van der Waals surface area contributed by atoms with Gasteiger partial charge in [0.05, 0.1) is 6.42 Å². The van der Waals surface area contributed by atoms with E-state index < -0.39 is 11.7 Å². The maximum atomic E-state index is 12.7. The zero-order valence-corrected chi connectivity index (χ0v) is 13.1. The molecular formula is C15H20FN3O3. The van der Waals surface area contributed by atoms with Gasteiger partial charge >= 0.3 is 6.09 Å². The molecule has 1 aromatic rings. The van der Waals surface area contributed by atoms with Crippen LogP contribution < -0.4 is 10.7 Å². The van der Waals surface area contributed by atoms with Crippen LogP contribution in [0.15, 0.2) is 29.4 Å². The Hall–Kier alpha value is -2.44. The summed E-state index contributed by atoms with van der Waals surface area (Å²) in [6, 6.07) is 5.42. The van der Waals surface area contributed by atoms with E-state index in [1.54, 1.807) is 27.7 Å². The lowest BCUT2D eigenvalue weighted by Crippen LogP contribution is -2.30. The van der Waals surface area contributed by atoms with Gasteiger partial charge in [-0.15, -0.1) is 0 Å². The van der Waals surface area contributed by atoms with Crippen molar-refractivity contribution in [2.45, 2.75) is 39.7 Å². The van der Waals surface area contributed by atoms with Crippen LogP contribution in [0.5, 0.6) is 0 Å². The molecule has 0 aromatic heterocycles. The number of anilines is 1. The van der Waals surface area contributed by atoms with Gasteiger partial charge in [0, 0.05) is 11.4 Å². The van der Waals surface area contributed by atoms with Crippen LogP contribution in [0, 0.1) is 5.82 Å². The summed E-state index contributed by atoms with van der Waals surface area (Å²) in [7, 11) is 0. The van der Waals surface area contributed by atoms with Gasteiger partial charge in [-0.25, -0.2) is 14.6 Å². The Kier molecular flexibility index (Phi) is 6.03. The first kappa shape index (κ1) is 17.6. The molecule has 120 valence electrons. The van der Waals surface area contributed by atoms with E-state index in [0.717, 1.165) is 0 Å². The fraction of sp³-hybridized carbons (Fsp3) is 0.400. The second-order valence-corrected chi connectivity index (χ2v) is 5.69. The summed E-state index contributed by atoms with van der Waals surface area (Å²) < 4.78 is 17.8. The normalized spacial score (nSPS) is 11.8. The molecule has 0 aliphatic heterocycles. The van der Waals surface area contributed by atoms with E-state index in [2.05, 4.69) is 15.8 Å². The highest BCUT2D eigenvalue weighted by Crippen LogP contribution is 2.09. The molecule has 2 amide bonds. The second-order valence-electron chi connectivity index (χ2n) is 5.69. The summed E-state index contributed by atoms with van der Waals surface area (Å²) >= 11 is 0. The van der Waals surface area contributed by atoms with Crippen LogP contribution in [0.1, 0.15) is 34.1 Å². The van der Waals surface area contributed by atoms with Gasteiger partial charge in [-0.2, -0.15) is 5.10 Å². The van der Waals surface area contributed by atoms with Crippen LogP contribution in [0.25, 0.3) is 0 Å². The third-order valence-corrected chi connectivity index (χ3v) is 2.28. The molecule has 0 radical (unpaired) electrons. The molecule has 0 spiro atoms.